The van der Waals surface area contributed by atoms with Crippen molar-refractivity contribution in [3.05, 3.63) is 23.7 Å². The summed E-state index contributed by atoms with van der Waals surface area (Å²) in [4.78, 5) is 8.01. The van der Waals surface area contributed by atoms with Gasteiger partial charge in [0.15, 0.2) is 0 Å². The van der Waals surface area contributed by atoms with Crippen LogP contribution in [0.3, 0.4) is 0 Å². The molecule has 0 N–H and O–H groups in total. The molecule has 1 aromatic heterocycles. The lowest BCUT2D eigenvalue weighted by Gasteiger charge is -2.51. The van der Waals surface area contributed by atoms with E-state index in [1.807, 2.05) is 0 Å². The average molecular weight is 317 g/mol. The van der Waals surface area contributed by atoms with Crippen LogP contribution in [0.25, 0.3) is 0 Å². The van der Waals surface area contributed by atoms with Gasteiger partial charge >= 0.3 is 0 Å². The normalized spacial score (nSPS) is 32.5. The molecule has 4 saturated heterocycles. The van der Waals surface area contributed by atoms with Crippen molar-refractivity contribution in [2.24, 2.45) is 5.92 Å². The fourth-order valence-corrected chi connectivity index (χ4v) is 4.71. The van der Waals surface area contributed by atoms with Crippen molar-refractivity contribution in [3.63, 3.8) is 0 Å². The van der Waals surface area contributed by atoms with Crippen LogP contribution in [0, 0.1) is 5.92 Å². The Balaban J connectivity index is 1.27. The van der Waals surface area contributed by atoms with Crippen LogP contribution in [-0.2, 0) is 13.0 Å². The number of nitrogens with zero attached hydrogens (tertiary/aromatic N) is 3. The number of piperazine rings is 1. The number of rotatable bonds is 5. The first-order valence-corrected chi connectivity index (χ1v) is 9.58. The van der Waals surface area contributed by atoms with E-state index in [1.165, 1.54) is 58.7 Å². The maximum Gasteiger partial charge on any atom is 0.118 e. The molecule has 2 bridgehead atoms. The van der Waals surface area contributed by atoms with Crippen molar-refractivity contribution in [1.82, 2.24) is 14.7 Å². The smallest absolute Gasteiger partial charge is 0.118 e. The Morgan fingerprint density at radius 2 is 1.74 bits per heavy atom. The van der Waals surface area contributed by atoms with E-state index in [0.29, 0.717) is 0 Å². The van der Waals surface area contributed by atoms with Gasteiger partial charge < -0.3 is 9.32 Å². The molecule has 0 unspecified atom stereocenters. The van der Waals surface area contributed by atoms with Crippen molar-refractivity contribution in [2.45, 2.75) is 45.2 Å². The second kappa shape index (κ2) is 6.96. The average Bonchev–Trinajstić information content (AvgIpc) is 3.04. The molecule has 4 aliphatic heterocycles. The summed E-state index contributed by atoms with van der Waals surface area (Å²) in [7, 11) is 0. The van der Waals surface area contributed by atoms with Crippen LogP contribution in [0.1, 0.15) is 37.7 Å². The number of piperidine rings is 3. The highest BCUT2D eigenvalue weighted by Crippen LogP contribution is 2.31. The zero-order valence-corrected chi connectivity index (χ0v) is 14.5. The molecule has 5 heterocycles. The van der Waals surface area contributed by atoms with E-state index in [1.54, 1.807) is 0 Å². The molecule has 4 nitrogen and oxygen atoms in total. The van der Waals surface area contributed by atoms with E-state index in [-0.39, 0.29) is 0 Å². The van der Waals surface area contributed by atoms with Gasteiger partial charge in [-0.3, -0.25) is 9.80 Å². The van der Waals surface area contributed by atoms with E-state index in [9.17, 15) is 0 Å². The van der Waals surface area contributed by atoms with Gasteiger partial charge in [-0.25, -0.2) is 0 Å². The monoisotopic (exact) mass is 317 g/mol. The van der Waals surface area contributed by atoms with E-state index in [2.05, 4.69) is 33.8 Å². The summed E-state index contributed by atoms with van der Waals surface area (Å²) in [6, 6.07) is 5.16. The molecule has 4 fully saturated rings. The van der Waals surface area contributed by atoms with Gasteiger partial charge in [-0.15, -0.1) is 0 Å². The van der Waals surface area contributed by atoms with E-state index < -0.39 is 0 Å². The molecule has 0 radical (unpaired) electrons. The zero-order chi connectivity index (χ0) is 15.6. The molecule has 4 aliphatic rings. The van der Waals surface area contributed by atoms with Crippen LogP contribution >= 0.6 is 0 Å². The van der Waals surface area contributed by atoms with Gasteiger partial charge in [0.1, 0.15) is 11.5 Å². The van der Waals surface area contributed by atoms with Crippen molar-refractivity contribution in [3.8, 4) is 0 Å². The van der Waals surface area contributed by atoms with Crippen LogP contribution in [0.4, 0.5) is 0 Å². The van der Waals surface area contributed by atoms with Crippen molar-refractivity contribution in [2.75, 3.05) is 45.8 Å². The number of hydrogen-bond acceptors (Lipinski definition) is 4. The molecular formula is C19H31N3O. The Labute approximate surface area is 140 Å². The second-order valence-corrected chi connectivity index (χ2v) is 7.64. The lowest BCUT2D eigenvalue weighted by atomic mass is 9.83. The summed E-state index contributed by atoms with van der Waals surface area (Å²) in [6.07, 6.45) is 5.08. The summed E-state index contributed by atoms with van der Waals surface area (Å²) in [5, 5.41) is 0. The molecule has 0 aromatic carbocycles. The van der Waals surface area contributed by atoms with Crippen molar-refractivity contribution in [1.29, 1.82) is 0 Å². The molecule has 23 heavy (non-hydrogen) atoms. The summed E-state index contributed by atoms with van der Waals surface area (Å²) < 4.78 is 5.95. The fourth-order valence-electron chi connectivity index (χ4n) is 4.71. The molecule has 0 aliphatic carbocycles. The lowest BCUT2D eigenvalue weighted by molar-refractivity contribution is -0.0169. The van der Waals surface area contributed by atoms with E-state index in [0.717, 1.165) is 42.9 Å². The molecule has 0 amide bonds. The van der Waals surface area contributed by atoms with Gasteiger partial charge in [0.25, 0.3) is 0 Å². The summed E-state index contributed by atoms with van der Waals surface area (Å²) in [6.45, 7) is 12.0. The largest absolute Gasteiger partial charge is 0.465 e. The van der Waals surface area contributed by atoms with Crippen LogP contribution in [-0.4, -0.2) is 66.6 Å². The van der Waals surface area contributed by atoms with Gasteiger partial charge in [-0.05, 0) is 50.4 Å². The van der Waals surface area contributed by atoms with Crippen LogP contribution in [0.5, 0.6) is 0 Å². The second-order valence-electron chi connectivity index (χ2n) is 7.64. The molecule has 128 valence electrons. The maximum absolute atomic E-state index is 5.95. The highest BCUT2D eigenvalue weighted by Gasteiger charge is 2.38. The first-order valence-electron chi connectivity index (χ1n) is 9.58. The SMILES string of the molecule is CCCc1ccc(CN2CCN([C@H]3CN4CCC3CC4)CC2)o1. The van der Waals surface area contributed by atoms with Crippen molar-refractivity contribution < 1.29 is 4.42 Å². The Kier molecular flexibility index (Phi) is 4.74. The summed E-state index contributed by atoms with van der Waals surface area (Å²) >= 11 is 0. The lowest BCUT2D eigenvalue weighted by Crippen LogP contribution is -2.60. The Hall–Kier alpha value is -0.840. The number of furan rings is 1. The Morgan fingerprint density at radius 1 is 1.00 bits per heavy atom. The van der Waals surface area contributed by atoms with Gasteiger partial charge in [0.05, 0.1) is 6.54 Å². The molecule has 4 heteroatoms. The number of hydrogen-bond donors (Lipinski definition) is 0. The Bertz CT molecular complexity index is 498. The van der Waals surface area contributed by atoms with Crippen LogP contribution in [0.2, 0.25) is 0 Å². The minimum Gasteiger partial charge on any atom is -0.465 e. The van der Waals surface area contributed by atoms with Gasteiger partial charge in [-0.2, -0.15) is 0 Å². The minimum atomic E-state index is 0.833. The van der Waals surface area contributed by atoms with Crippen LogP contribution < -0.4 is 0 Å². The van der Waals surface area contributed by atoms with E-state index >= 15 is 0 Å². The first kappa shape index (κ1) is 15.7. The third-order valence-electron chi connectivity index (χ3n) is 6.09. The summed E-state index contributed by atoms with van der Waals surface area (Å²) in [5.41, 5.74) is 0. The predicted octanol–water partition coefficient (Wildman–Crippen LogP) is 2.44. The third kappa shape index (κ3) is 3.49. The van der Waals surface area contributed by atoms with E-state index in [4.69, 9.17) is 4.42 Å². The molecule has 1 aromatic rings. The fraction of sp³-hybridized carbons (Fsp3) is 0.789. The maximum atomic E-state index is 5.95. The van der Waals surface area contributed by atoms with Gasteiger partial charge in [0.2, 0.25) is 0 Å². The predicted molar refractivity (Wildman–Crippen MR) is 92.5 cm³/mol. The highest BCUT2D eigenvalue weighted by atomic mass is 16.3. The van der Waals surface area contributed by atoms with Gasteiger partial charge in [-0.1, -0.05) is 6.92 Å². The van der Waals surface area contributed by atoms with Crippen LogP contribution in [0.15, 0.2) is 16.5 Å². The Morgan fingerprint density at radius 3 is 2.39 bits per heavy atom. The molecule has 1 atom stereocenters. The topological polar surface area (TPSA) is 22.9 Å². The number of aryl methyl sites for hydroxylation is 1. The molecule has 5 rings (SSSR count). The first-order chi connectivity index (χ1) is 11.3. The van der Waals surface area contributed by atoms with Crippen molar-refractivity contribution >= 4 is 0 Å². The van der Waals surface area contributed by atoms with Gasteiger partial charge in [0, 0.05) is 45.2 Å². The molecule has 0 spiro atoms. The molecular weight excluding hydrogens is 286 g/mol. The molecule has 0 saturated carbocycles. The summed E-state index contributed by atoms with van der Waals surface area (Å²) in [5.74, 6) is 3.26. The standard InChI is InChI=1S/C19H31N3O/c1-2-3-17-4-5-18(23-17)14-21-10-12-22(13-11-21)19-15-20-8-6-16(19)7-9-20/h4-5,16,19H,2-3,6-15H2,1H3/t19-/m0/s1. The third-order valence-corrected chi connectivity index (χ3v) is 6.09. The number of fused-ring (bicyclic) bond motifs is 3. The highest BCUT2D eigenvalue weighted by molar-refractivity contribution is 5.07. The minimum absolute atomic E-state index is 0.833. The zero-order valence-electron chi connectivity index (χ0n) is 14.5. The quantitative estimate of drug-likeness (QED) is 0.832.